The van der Waals surface area contributed by atoms with Crippen LogP contribution in [0, 0.1) is 0 Å². The van der Waals surface area contributed by atoms with Crippen molar-refractivity contribution in [2.45, 2.75) is 0 Å². The third-order valence-corrected chi connectivity index (χ3v) is 2.30. The van der Waals surface area contributed by atoms with Crippen LogP contribution in [0.15, 0.2) is 17.2 Å². The molecule has 0 saturated carbocycles. The summed E-state index contributed by atoms with van der Waals surface area (Å²) in [6, 6.07) is 0. The van der Waals surface area contributed by atoms with Gasteiger partial charge in [-0.25, -0.2) is 4.98 Å². The van der Waals surface area contributed by atoms with E-state index >= 15 is 0 Å². The van der Waals surface area contributed by atoms with Crippen molar-refractivity contribution in [3.05, 3.63) is 28.4 Å². The molecule has 1 amide bonds. The summed E-state index contributed by atoms with van der Waals surface area (Å²) in [5.41, 5.74) is -0.0108. The van der Waals surface area contributed by atoms with E-state index in [2.05, 4.69) is 15.3 Å². The van der Waals surface area contributed by atoms with Crippen LogP contribution < -0.4 is 10.9 Å². The molecule has 2 heterocycles. The summed E-state index contributed by atoms with van der Waals surface area (Å²) < 4.78 is 0. The maximum atomic E-state index is 11.8. The fourth-order valence-electron chi connectivity index (χ4n) is 1.49. The van der Waals surface area contributed by atoms with Gasteiger partial charge in [-0.2, -0.15) is 0 Å². The average molecular weight is 208 g/mol. The first-order valence-corrected chi connectivity index (χ1v) is 4.82. The fraction of sp³-hybridized carbons (Fsp3) is 0.444. The maximum Gasteiger partial charge on any atom is 0.274 e. The molecular formula is C9H12N4O2. The van der Waals surface area contributed by atoms with Crippen LogP contribution >= 0.6 is 0 Å². The molecule has 1 fully saturated rings. The Morgan fingerprint density at radius 2 is 2.13 bits per heavy atom. The standard InChI is InChI=1S/C9H12N4O2/c14-8-6-11-7(5-12-8)9(15)13-3-1-10-2-4-13/h5-6,10H,1-4H2,(H,12,14). The quantitative estimate of drug-likeness (QED) is 0.608. The van der Waals surface area contributed by atoms with Crippen molar-refractivity contribution in [3.63, 3.8) is 0 Å². The lowest BCUT2D eigenvalue weighted by Crippen LogP contribution is -2.46. The molecule has 15 heavy (non-hydrogen) atoms. The normalized spacial score (nSPS) is 16.4. The fourth-order valence-corrected chi connectivity index (χ4v) is 1.49. The van der Waals surface area contributed by atoms with Crippen LogP contribution in [0.3, 0.4) is 0 Å². The van der Waals surface area contributed by atoms with E-state index in [-0.39, 0.29) is 17.2 Å². The van der Waals surface area contributed by atoms with Crippen LogP contribution in [0.1, 0.15) is 10.5 Å². The Morgan fingerprint density at radius 1 is 1.40 bits per heavy atom. The number of rotatable bonds is 1. The highest BCUT2D eigenvalue weighted by Crippen LogP contribution is 2.00. The van der Waals surface area contributed by atoms with Crippen LogP contribution in [0.2, 0.25) is 0 Å². The summed E-state index contributed by atoms with van der Waals surface area (Å²) in [5.74, 6) is -0.132. The third-order valence-electron chi connectivity index (χ3n) is 2.30. The largest absolute Gasteiger partial charge is 0.335 e. The van der Waals surface area contributed by atoms with E-state index in [0.717, 1.165) is 19.3 Å². The monoisotopic (exact) mass is 208 g/mol. The van der Waals surface area contributed by atoms with Gasteiger partial charge in [0.05, 0.1) is 6.20 Å². The number of piperazine rings is 1. The van der Waals surface area contributed by atoms with Gasteiger partial charge in [0.1, 0.15) is 5.69 Å². The van der Waals surface area contributed by atoms with Crippen LogP contribution in [0.5, 0.6) is 0 Å². The highest BCUT2D eigenvalue weighted by molar-refractivity contribution is 5.92. The maximum absolute atomic E-state index is 11.8. The van der Waals surface area contributed by atoms with Crippen LogP contribution in [-0.4, -0.2) is 47.0 Å². The summed E-state index contributed by atoms with van der Waals surface area (Å²) >= 11 is 0. The second-order valence-corrected chi connectivity index (χ2v) is 3.34. The van der Waals surface area contributed by atoms with Gasteiger partial charge in [-0.3, -0.25) is 9.59 Å². The number of amides is 1. The van der Waals surface area contributed by atoms with Gasteiger partial charge >= 0.3 is 0 Å². The Morgan fingerprint density at radius 3 is 2.73 bits per heavy atom. The lowest BCUT2D eigenvalue weighted by atomic mass is 10.3. The zero-order chi connectivity index (χ0) is 10.7. The number of nitrogens with zero attached hydrogens (tertiary/aromatic N) is 2. The summed E-state index contributed by atoms with van der Waals surface area (Å²) in [4.78, 5) is 30.5. The van der Waals surface area contributed by atoms with Gasteiger partial charge in [-0.1, -0.05) is 0 Å². The predicted octanol–water partition coefficient (Wildman–Crippen LogP) is -1.18. The molecule has 0 spiro atoms. The molecule has 2 N–H and O–H groups in total. The first-order valence-electron chi connectivity index (χ1n) is 4.82. The van der Waals surface area contributed by atoms with Gasteiger partial charge in [0.15, 0.2) is 0 Å². The number of carbonyl (C=O) groups excluding carboxylic acids is 1. The first-order chi connectivity index (χ1) is 7.27. The van der Waals surface area contributed by atoms with E-state index in [1.54, 1.807) is 4.90 Å². The molecule has 0 atom stereocenters. The number of H-pyrrole nitrogens is 1. The van der Waals surface area contributed by atoms with Crippen molar-refractivity contribution in [3.8, 4) is 0 Å². The smallest absolute Gasteiger partial charge is 0.274 e. The van der Waals surface area contributed by atoms with Crippen LogP contribution in [-0.2, 0) is 0 Å². The molecule has 1 aliphatic heterocycles. The number of hydrogen-bond acceptors (Lipinski definition) is 4. The second kappa shape index (κ2) is 4.22. The van der Waals surface area contributed by atoms with Crippen molar-refractivity contribution in [2.24, 2.45) is 0 Å². The number of nitrogens with one attached hydrogen (secondary N) is 2. The molecule has 0 aliphatic carbocycles. The van der Waals surface area contributed by atoms with Gasteiger partial charge < -0.3 is 15.2 Å². The molecule has 0 radical (unpaired) electrons. The average Bonchev–Trinajstić information content (AvgIpc) is 2.30. The Hall–Kier alpha value is -1.69. The lowest BCUT2D eigenvalue weighted by molar-refractivity contribution is 0.0729. The van der Waals surface area contributed by atoms with Gasteiger partial charge in [0, 0.05) is 32.4 Å². The minimum atomic E-state index is -0.299. The van der Waals surface area contributed by atoms with Crippen LogP contribution in [0.4, 0.5) is 0 Å². The van der Waals surface area contributed by atoms with Gasteiger partial charge in [0.2, 0.25) is 0 Å². The third kappa shape index (κ3) is 2.21. The Labute approximate surface area is 86.3 Å². The molecule has 6 heteroatoms. The van der Waals surface area contributed by atoms with Crippen molar-refractivity contribution in [1.29, 1.82) is 0 Å². The van der Waals surface area contributed by atoms with Gasteiger partial charge in [-0.05, 0) is 0 Å². The lowest BCUT2D eigenvalue weighted by Gasteiger charge is -2.26. The Bertz CT molecular complexity index is 388. The SMILES string of the molecule is O=C(c1c[nH]c(=O)cn1)N1CCNCC1. The Balaban J connectivity index is 2.12. The molecule has 80 valence electrons. The molecule has 2 rings (SSSR count). The minimum Gasteiger partial charge on any atom is -0.335 e. The highest BCUT2D eigenvalue weighted by Gasteiger charge is 2.18. The molecule has 0 unspecified atom stereocenters. The molecule has 1 aromatic rings. The molecule has 1 aromatic heterocycles. The van der Waals surface area contributed by atoms with Crippen molar-refractivity contribution >= 4 is 5.91 Å². The highest BCUT2D eigenvalue weighted by atomic mass is 16.2. The second-order valence-electron chi connectivity index (χ2n) is 3.34. The zero-order valence-electron chi connectivity index (χ0n) is 8.19. The number of aromatic nitrogens is 2. The molecule has 0 bridgehead atoms. The van der Waals surface area contributed by atoms with Crippen LogP contribution in [0.25, 0.3) is 0 Å². The summed E-state index contributed by atoms with van der Waals surface area (Å²) in [7, 11) is 0. The van der Waals surface area contributed by atoms with E-state index < -0.39 is 0 Å². The zero-order valence-corrected chi connectivity index (χ0v) is 8.19. The molecule has 1 aliphatic rings. The van der Waals surface area contributed by atoms with E-state index in [4.69, 9.17) is 0 Å². The minimum absolute atomic E-state index is 0.132. The van der Waals surface area contributed by atoms with E-state index in [9.17, 15) is 9.59 Å². The van der Waals surface area contributed by atoms with E-state index in [1.807, 2.05) is 0 Å². The van der Waals surface area contributed by atoms with E-state index in [0.29, 0.717) is 13.1 Å². The first kappa shape index (κ1) is 9.85. The van der Waals surface area contributed by atoms with Gasteiger partial charge in [-0.15, -0.1) is 0 Å². The summed E-state index contributed by atoms with van der Waals surface area (Å²) in [5, 5.41) is 3.16. The summed E-state index contributed by atoms with van der Waals surface area (Å²) in [6.07, 6.45) is 2.47. The van der Waals surface area contributed by atoms with Crippen molar-refractivity contribution in [2.75, 3.05) is 26.2 Å². The molecule has 0 aromatic carbocycles. The number of hydrogen-bond donors (Lipinski definition) is 2. The van der Waals surface area contributed by atoms with Crippen molar-refractivity contribution < 1.29 is 4.79 Å². The number of carbonyl (C=O) groups is 1. The predicted molar refractivity (Wildman–Crippen MR) is 53.6 cm³/mol. The Kier molecular flexibility index (Phi) is 2.77. The number of aromatic amines is 1. The van der Waals surface area contributed by atoms with Gasteiger partial charge in [0.25, 0.3) is 11.5 Å². The molecule has 6 nitrogen and oxygen atoms in total. The summed E-state index contributed by atoms with van der Waals surface area (Å²) in [6.45, 7) is 2.96. The molecular weight excluding hydrogens is 196 g/mol. The molecule has 1 saturated heterocycles. The van der Waals surface area contributed by atoms with E-state index in [1.165, 1.54) is 6.20 Å². The topological polar surface area (TPSA) is 78.1 Å². The van der Waals surface area contributed by atoms with Crippen molar-refractivity contribution in [1.82, 2.24) is 20.2 Å².